The quantitative estimate of drug-likeness (QED) is 0.252. The molecule has 3 fully saturated rings. The smallest absolute Gasteiger partial charge is 0.306 e. The molecule has 0 aliphatic carbocycles. The molecule has 14 nitrogen and oxygen atoms in total. The zero-order chi connectivity index (χ0) is 37.4. The first-order valence-electron chi connectivity index (χ1n) is 17.9. The maximum atomic E-state index is 14.0. The number of carbonyl (C=O) groups is 5. The standard InChI is InChI=1S/C38H50N4O10/c1-6-22(2)30-36(47)41-27(31-32(49-21-25-15-11-8-12-16-25)33-37(50-31)52-38(4,5)51-33)19-28(43)40-26(35(46)39-23(3)34(45)42-30)17-18-29(44)48-20-24-13-9-7-10-14-24/h7-16,22-23,26-27,30-33,37H,6,17-21H2,1-5H3,(H,39,46)(H,40,43)(H,41,47)(H,42,45)/t22-,23-,26-,27-,30-,31?,32-,33+,37+/m0/s1. The Hall–Kier alpha value is -4.37. The van der Waals surface area contributed by atoms with E-state index in [1.54, 1.807) is 13.8 Å². The number of fused-ring (bicyclic) bond motifs is 1. The van der Waals surface area contributed by atoms with Crippen molar-refractivity contribution in [3.63, 3.8) is 0 Å². The van der Waals surface area contributed by atoms with Gasteiger partial charge < -0.3 is 45.0 Å². The van der Waals surface area contributed by atoms with Gasteiger partial charge in [0, 0.05) is 12.8 Å². The third-order valence-corrected chi connectivity index (χ3v) is 9.52. The topological polar surface area (TPSA) is 180 Å². The molecule has 4 N–H and O–H groups in total. The monoisotopic (exact) mass is 722 g/mol. The fourth-order valence-electron chi connectivity index (χ4n) is 6.46. The molecule has 0 saturated carbocycles. The van der Waals surface area contributed by atoms with Crippen molar-refractivity contribution in [2.75, 3.05) is 0 Å². The number of nitrogens with one attached hydrogen (secondary N) is 4. The second-order valence-electron chi connectivity index (χ2n) is 14.1. The lowest BCUT2D eigenvalue weighted by Gasteiger charge is -2.33. The number of rotatable bonds is 11. The highest BCUT2D eigenvalue weighted by atomic mass is 16.8. The number of hydrogen-bond donors (Lipinski definition) is 4. The molecule has 3 aliphatic heterocycles. The predicted octanol–water partition coefficient (Wildman–Crippen LogP) is 2.38. The molecule has 14 heteroatoms. The Morgan fingerprint density at radius 2 is 1.50 bits per heavy atom. The maximum absolute atomic E-state index is 14.0. The summed E-state index contributed by atoms with van der Waals surface area (Å²) in [6.45, 7) is 8.96. The average molecular weight is 723 g/mol. The highest BCUT2D eigenvalue weighted by Gasteiger charge is 2.57. The first-order valence-corrected chi connectivity index (χ1v) is 17.9. The van der Waals surface area contributed by atoms with Crippen molar-refractivity contribution in [3.05, 3.63) is 71.8 Å². The summed E-state index contributed by atoms with van der Waals surface area (Å²) in [5.41, 5.74) is 1.70. The van der Waals surface area contributed by atoms with E-state index in [1.165, 1.54) is 6.92 Å². The zero-order valence-electron chi connectivity index (χ0n) is 30.3. The van der Waals surface area contributed by atoms with Crippen LogP contribution in [0.1, 0.15) is 71.4 Å². The minimum Gasteiger partial charge on any atom is -0.461 e. The molecule has 4 amide bonds. The Morgan fingerprint density at radius 1 is 0.846 bits per heavy atom. The molecule has 9 atom stereocenters. The van der Waals surface area contributed by atoms with Crippen LogP contribution in [0.3, 0.4) is 0 Å². The summed E-state index contributed by atoms with van der Waals surface area (Å²) < 4.78 is 30.4. The summed E-state index contributed by atoms with van der Waals surface area (Å²) in [5, 5.41) is 11.1. The molecular formula is C38H50N4O10. The van der Waals surface area contributed by atoms with Crippen molar-refractivity contribution in [3.8, 4) is 0 Å². The lowest BCUT2D eigenvalue weighted by molar-refractivity contribution is -0.222. The van der Waals surface area contributed by atoms with Gasteiger partial charge in [-0.1, -0.05) is 80.9 Å². The third-order valence-electron chi connectivity index (χ3n) is 9.52. The molecule has 282 valence electrons. The van der Waals surface area contributed by atoms with Crippen LogP contribution in [-0.2, 0) is 60.9 Å². The molecule has 0 spiro atoms. The van der Waals surface area contributed by atoms with Gasteiger partial charge in [0.15, 0.2) is 12.1 Å². The SMILES string of the molecule is CC[C@H](C)[C@@H]1NC(=O)[C@H](C)NC(=O)[C@H](CCC(=O)OCc2ccccc2)NC(=O)C[C@@H](C2O[C@@H]3OC(C)(C)O[C@@H]3[C@H]2OCc2ccccc2)NC1=O. The van der Waals surface area contributed by atoms with E-state index in [2.05, 4.69) is 21.3 Å². The van der Waals surface area contributed by atoms with Crippen LogP contribution in [0.2, 0.25) is 0 Å². The van der Waals surface area contributed by atoms with Crippen LogP contribution in [0.25, 0.3) is 0 Å². The van der Waals surface area contributed by atoms with Gasteiger partial charge in [-0.25, -0.2) is 0 Å². The van der Waals surface area contributed by atoms with Gasteiger partial charge >= 0.3 is 5.97 Å². The maximum Gasteiger partial charge on any atom is 0.306 e. The average Bonchev–Trinajstić information content (AvgIpc) is 3.61. The molecular weight excluding hydrogens is 672 g/mol. The normalized spacial score (nSPS) is 29.9. The molecule has 3 saturated heterocycles. The molecule has 3 heterocycles. The fraction of sp³-hybridized carbons (Fsp3) is 0.553. The van der Waals surface area contributed by atoms with Gasteiger partial charge in [0.2, 0.25) is 23.6 Å². The van der Waals surface area contributed by atoms with E-state index < -0.39 is 84.2 Å². The van der Waals surface area contributed by atoms with Crippen LogP contribution in [0.15, 0.2) is 60.7 Å². The van der Waals surface area contributed by atoms with Crippen LogP contribution in [0.4, 0.5) is 0 Å². The molecule has 2 aromatic carbocycles. The molecule has 3 aliphatic rings. The van der Waals surface area contributed by atoms with Gasteiger partial charge in [0.1, 0.15) is 43.0 Å². The van der Waals surface area contributed by atoms with Gasteiger partial charge in [-0.2, -0.15) is 0 Å². The lowest BCUT2D eigenvalue weighted by Crippen LogP contribution is -2.59. The molecule has 1 unspecified atom stereocenters. The summed E-state index contributed by atoms with van der Waals surface area (Å²) in [5.74, 6) is -4.21. The molecule has 2 aromatic rings. The largest absolute Gasteiger partial charge is 0.461 e. The van der Waals surface area contributed by atoms with Crippen LogP contribution >= 0.6 is 0 Å². The van der Waals surface area contributed by atoms with Gasteiger partial charge in [-0.15, -0.1) is 0 Å². The third kappa shape index (κ3) is 10.1. The minimum absolute atomic E-state index is 0.0559. The van der Waals surface area contributed by atoms with Gasteiger partial charge in [-0.05, 0) is 44.2 Å². The van der Waals surface area contributed by atoms with Crippen LogP contribution in [-0.4, -0.2) is 84.2 Å². The van der Waals surface area contributed by atoms with E-state index in [0.717, 1.165) is 11.1 Å². The summed E-state index contributed by atoms with van der Waals surface area (Å²) >= 11 is 0. The van der Waals surface area contributed by atoms with E-state index in [0.29, 0.717) is 6.42 Å². The zero-order valence-corrected chi connectivity index (χ0v) is 30.3. The Bertz CT molecular complexity index is 1560. The van der Waals surface area contributed by atoms with E-state index in [4.69, 9.17) is 23.7 Å². The van der Waals surface area contributed by atoms with Gasteiger partial charge in [0.25, 0.3) is 0 Å². The van der Waals surface area contributed by atoms with E-state index in [-0.39, 0.29) is 38.4 Å². The first-order chi connectivity index (χ1) is 24.8. The van der Waals surface area contributed by atoms with Crippen LogP contribution in [0, 0.1) is 5.92 Å². The van der Waals surface area contributed by atoms with Crippen molar-refractivity contribution >= 4 is 29.6 Å². The number of benzene rings is 2. The molecule has 52 heavy (non-hydrogen) atoms. The van der Waals surface area contributed by atoms with Crippen molar-refractivity contribution in [1.82, 2.24) is 21.3 Å². The van der Waals surface area contributed by atoms with Crippen molar-refractivity contribution in [2.45, 2.75) is 128 Å². The molecule has 0 radical (unpaired) electrons. The summed E-state index contributed by atoms with van der Waals surface area (Å²) in [6, 6.07) is 14.4. The first kappa shape index (κ1) is 38.9. The second kappa shape index (κ2) is 17.4. The predicted molar refractivity (Wildman–Crippen MR) is 187 cm³/mol. The Balaban J connectivity index is 1.39. The second-order valence-corrected chi connectivity index (χ2v) is 14.1. The summed E-state index contributed by atoms with van der Waals surface area (Å²) in [4.78, 5) is 67.4. The lowest BCUT2D eigenvalue weighted by atomic mass is 9.95. The van der Waals surface area contributed by atoms with Crippen molar-refractivity contribution in [2.24, 2.45) is 5.92 Å². The van der Waals surface area contributed by atoms with E-state index in [1.807, 2.05) is 74.5 Å². The Morgan fingerprint density at radius 3 is 2.15 bits per heavy atom. The Kier molecular flexibility index (Phi) is 13.0. The number of carbonyl (C=O) groups excluding carboxylic acids is 5. The Labute approximate surface area is 304 Å². The van der Waals surface area contributed by atoms with E-state index >= 15 is 0 Å². The number of amides is 4. The van der Waals surface area contributed by atoms with Crippen LogP contribution in [0.5, 0.6) is 0 Å². The molecule has 0 bridgehead atoms. The fourth-order valence-corrected chi connectivity index (χ4v) is 6.46. The highest BCUT2D eigenvalue weighted by molar-refractivity contribution is 5.95. The molecule has 0 aromatic heterocycles. The van der Waals surface area contributed by atoms with Gasteiger partial charge in [0.05, 0.1) is 12.6 Å². The summed E-state index contributed by atoms with van der Waals surface area (Å²) in [7, 11) is 0. The van der Waals surface area contributed by atoms with Crippen molar-refractivity contribution in [1.29, 1.82) is 0 Å². The summed E-state index contributed by atoms with van der Waals surface area (Å²) in [6.07, 6.45) is -3.30. The number of esters is 1. The minimum atomic E-state index is -1.20. The number of ether oxygens (including phenoxy) is 5. The van der Waals surface area contributed by atoms with E-state index in [9.17, 15) is 24.0 Å². The van der Waals surface area contributed by atoms with Gasteiger partial charge in [-0.3, -0.25) is 24.0 Å². The highest BCUT2D eigenvalue weighted by Crippen LogP contribution is 2.40. The number of hydrogen-bond acceptors (Lipinski definition) is 10. The van der Waals surface area contributed by atoms with Crippen molar-refractivity contribution < 1.29 is 47.7 Å². The van der Waals surface area contributed by atoms with Crippen LogP contribution < -0.4 is 21.3 Å². The molecule has 5 rings (SSSR count).